The van der Waals surface area contributed by atoms with Crippen LogP contribution in [0.15, 0.2) is 12.4 Å². The van der Waals surface area contributed by atoms with Crippen molar-refractivity contribution < 1.29 is 0 Å². The fraction of sp³-hybridized carbons (Fsp3) is 0.556. The van der Waals surface area contributed by atoms with Crippen LogP contribution in [0.3, 0.4) is 0 Å². The molecule has 0 aliphatic heterocycles. The molecule has 0 atom stereocenters. The van der Waals surface area contributed by atoms with Gasteiger partial charge in [-0.15, -0.1) is 5.10 Å². The summed E-state index contributed by atoms with van der Waals surface area (Å²) in [4.78, 5) is 4.07. The molecule has 0 bridgehead atoms. The van der Waals surface area contributed by atoms with E-state index in [2.05, 4.69) is 39.7 Å². The van der Waals surface area contributed by atoms with E-state index in [4.69, 9.17) is 5.73 Å². The van der Waals surface area contributed by atoms with Crippen molar-refractivity contribution in [2.24, 2.45) is 5.73 Å². The molecule has 0 radical (unpaired) electrons. The minimum atomic E-state index is -0.114. The molecule has 0 saturated heterocycles. The third-order valence-electron chi connectivity index (χ3n) is 2.34. The molecule has 0 aromatic carbocycles. The van der Waals surface area contributed by atoms with Crippen LogP contribution < -0.4 is 11.1 Å². The summed E-state index contributed by atoms with van der Waals surface area (Å²) < 4.78 is 1.62. The van der Waals surface area contributed by atoms with Crippen LogP contribution in [0.2, 0.25) is 0 Å². The number of nitrogens with one attached hydrogen (secondary N) is 1. The zero-order valence-electron chi connectivity index (χ0n) is 9.38. The summed E-state index contributed by atoms with van der Waals surface area (Å²) in [5.41, 5.74) is 6.06. The maximum absolute atomic E-state index is 5.56. The van der Waals surface area contributed by atoms with Gasteiger partial charge in [-0.25, -0.2) is 0 Å². The molecule has 0 aliphatic rings. The number of nitrogens with zero attached hydrogens (tertiary/aromatic N) is 5. The lowest BCUT2D eigenvalue weighted by Gasteiger charge is -2.26. The van der Waals surface area contributed by atoms with E-state index in [0.29, 0.717) is 12.2 Å². The average Bonchev–Trinajstić information content (AvgIpc) is 2.65. The van der Waals surface area contributed by atoms with E-state index in [1.165, 1.54) is 0 Å². The van der Waals surface area contributed by atoms with Crippen LogP contribution in [-0.4, -0.2) is 37.1 Å². The van der Waals surface area contributed by atoms with Crippen molar-refractivity contribution in [1.82, 2.24) is 25.0 Å². The van der Waals surface area contributed by atoms with E-state index >= 15 is 0 Å². The Kier molecular flexibility index (Phi) is 2.69. The van der Waals surface area contributed by atoms with E-state index in [0.717, 1.165) is 12.2 Å². The molecular formula is C9H15N7. The van der Waals surface area contributed by atoms with Gasteiger partial charge < -0.3 is 11.1 Å². The molecule has 0 unspecified atom stereocenters. The van der Waals surface area contributed by atoms with Crippen LogP contribution in [-0.2, 0) is 0 Å². The third kappa shape index (κ3) is 2.08. The molecular weight excluding hydrogens is 206 g/mol. The summed E-state index contributed by atoms with van der Waals surface area (Å²) in [7, 11) is 0. The lowest BCUT2D eigenvalue weighted by molar-refractivity contribution is 0.521. The highest BCUT2D eigenvalue weighted by Crippen LogP contribution is 2.16. The summed E-state index contributed by atoms with van der Waals surface area (Å²) in [6, 6.07) is 0. The van der Waals surface area contributed by atoms with Gasteiger partial charge in [0.25, 0.3) is 0 Å². The SMILES string of the molecule is CC(C)(CCN)Nc1cncc2nnnn12. The van der Waals surface area contributed by atoms with Crippen molar-refractivity contribution in [3.63, 3.8) is 0 Å². The Morgan fingerprint density at radius 3 is 3.00 bits per heavy atom. The van der Waals surface area contributed by atoms with E-state index in [1.54, 1.807) is 16.9 Å². The van der Waals surface area contributed by atoms with Gasteiger partial charge in [-0.1, -0.05) is 0 Å². The Bertz CT molecular complexity index is 475. The van der Waals surface area contributed by atoms with Crippen LogP contribution in [0.25, 0.3) is 5.65 Å². The molecule has 2 aromatic rings. The summed E-state index contributed by atoms with van der Waals surface area (Å²) in [6.45, 7) is 4.77. The molecule has 2 aromatic heterocycles. The molecule has 0 spiro atoms. The second kappa shape index (κ2) is 4.01. The summed E-state index contributed by atoms with van der Waals surface area (Å²) >= 11 is 0. The van der Waals surface area contributed by atoms with Crippen LogP contribution in [0, 0.1) is 0 Å². The molecule has 0 saturated carbocycles. The minimum Gasteiger partial charge on any atom is -0.364 e. The zero-order chi connectivity index (χ0) is 11.6. The number of aromatic nitrogens is 5. The third-order valence-corrected chi connectivity index (χ3v) is 2.34. The fourth-order valence-electron chi connectivity index (χ4n) is 1.53. The standard InChI is InChI=1S/C9H15N7/c1-9(2,3-4-10)12-7-5-11-6-8-13-14-15-16(7)8/h5-6,12H,3-4,10H2,1-2H3. The smallest absolute Gasteiger partial charge is 0.199 e. The first-order valence-electron chi connectivity index (χ1n) is 5.13. The molecule has 3 N–H and O–H groups in total. The maximum atomic E-state index is 5.56. The van der Waals surface area contributed by atoms with Crippen molar-refractivity contribution in [1.29, 1.82) is 0 Å². The number of tetrazole rings is 1. The highest BCUT2D eigenvalue weighted by molar-refractivity contribution is 5.45. The Balaban J connectivity index is 2.30. The Morgan fingerprint density at radius 2 is 2.25 bits per heavy atom. The number of rotatable bonds is 4. The van der Waals surface area contributed by atoms with Crippen LogP contribution in [0.1, 0.15) is 20.3 Å². The molecule has 7 heteroatoms. The van der Waals surface area contributed by atoms with Gasteiger partial charge in [0, 0.05) is 5.54 Å². The second-order valence-corrected chi connectivity index (χ2v) is 4.29. The largest absolute Gasteiger partial charge is 0.364 e. The van der Waals surface area contributed by atoms with Gasteiger partial charge in [0.1, 0.15) is 0 Å². The van der Waals surface area contributed by atoms with E-state index < -0.39 is 0 Å². The highest BCUT2D eigenvalue weighted by atomic mass is 15.5. The number of fused-ring (bicyclic) bond motifs is 1. The topological polar surface area (TPSA) is 94.0 Å². The van der Waals surface area contributed by atoms with Gasteiger partial charge >= 0.3 is 0 Å². The second-order valence-electron chi connectivity index (χ2n) is 4.29. The molecule has 2 rings (SSSR count). The Morgan fingerprint density at radius 1 is 1.44 bits per heavy atom. The van der Waals surface area contributed by atoms with Gasteiger partial charge in [0.2, 0.25) is 0 Å². The quantitative estimate of drug-likeness (QED) is 0.758. The van der Waals surface area contributed by atoms with E-state index in [9.17, 15) is 0 Å². The van der Waals surface area contributed by atoms with Crippen molar-refractivity contribution in [2.75, 3.05) is 11.9 Å². The Hall–Kier alpha value is -1.76. The molecule has 0 aliphatic carbocycles. The van der Waals surface area contributed by atoms with Crippen molar-refractivity contribution in [3.8, 4) is 0 Å². The van der Waals surface area contributed by atoms with Gasteiger partial charge in [-0.05, 0) is 37.2 Å². The molecule has 86 valence electrons. The first-order valence-corrected chi connectivity index (χ1v) is 5.13. The first kappa shape index (κ1) is 10.7. The van der Waals surface area contributed by atoms with E-state index in [1.807, 2.05) is 0 Å². The predicted octanol–water partition coefficient (Wildman–Crippen LogP) is 0.0586. The summed E-state index contributed by atoms with van der Waals surface area (Å²) in [5.74, 6) is 0.765. The van der Waals surface area contributed by atoms with Crippen LogP contribution in [0.4, 0.5) is 5.82 Å². The van der Waals surface area contributed by atoms with Crippen molar-refractivity contribution in [2.45, 2.75) is 25.8 Å². The number of hydrogen-bond donors (Lipinski definition) is 2. The molecule has 0 fully saturated rings. The predicted molar refractivity (Wildman–Crippen MR) is 60.0 cm³/mol. The first-order chi connectivity index (χ1) is 7.62. The number of anilines is 1. The van der Waals surface area contributed by atoms with Gasteiger partial charge in [-0.2, -0.15) is 4.52 Å². The number of nitrogens with two attached hydrogens (primary N) is 1. The Labute approximate surface area is 93.0 Å². The lowest BCUT2D eigenvalue weighted by Crippen LogP contribution is -2.34. The normalized spacial score (nSPS) is 11.9. The fourth-order valence-corrected chi connectivity index (χ4v) is 1.53. The van der Waals surface area contributed by atoms with Gasteiger partial charge in [-0.3, -0.25) is 4.98 Å². The van der Waals surface area contributed by atoms with Crippen molar-refractivity contribution >= 4 is 11.5 Å². The average molecular weight is 221 g/mol. The number of hydrogen-bond acceptors (Lipinski definition) is 6. The molecule has 7 nitrogen and oxygen atoms in total. The molecule has 0 amide bonds. The monoisotopic (exact) mass is 221 g/mol. The summed E-state index contributed by atoms with van der Waals surface area (Å²) in [6.07, 6.45) is 4.16. The van der Waals surface area contributed by atoms with Gasteiger partial charge in [0.05, 0.1) is 12.4 Å². The van der Waals surface area contributed by atoms with Crippen LogP contribution in [0.5, 0.6) is 0 Å². The maximum Gasteiger partial charge on any atom is 0.199 e. The molecule has 16 heavy (non-hydrogen) atoms. The van der Waals surface area contributed by atoms with Crippen molar-refractivity contribution in [3.05, 3.63) is 12.4 Å². The van der Waals surface area contributed by atoms with Gasteiger partial charge in [0.15, 0.2) is 11.5 Å². The molecule has 2 heterocycles. The highest BCUT2D eigenvalue weighted by Gasteiger charge is 2.18. The lowest BCUT2D eigenvalue weighted by atomic mass is 10.0. The summed E-state index contributed by atoms with van der Waals surface area (Å²) in [5, 5.41) is 14.6. The van der Waals surface area contributed by atoms with E-state index in [-0.39, 0.29) is 5.54 Å². The minimum absolute atomic E-state index is 0.114. The van der Waals surface area contributed by atoms with Crippen LogP contribution >= 0.6 is 0 Å². The zero-order valence-corrected chi connectivity index (χ0v) is 9.38.